The number of pyridine rings is 1. The molecule has 250 valence electrons. The van der Waals surface area contributed by atoms with Crippen LogP contribution in [-0.4, -0.2) is 67.6 Å². The number of benzene rings is 2. The van der Waals surface area contributed by atoms with Crippen LogP contribution in [0.15, 0.2) is 41.2 Å². The van der Waals surface area contributed by atoms with Crippen molar-refractivity contribution >= 4 is 23.2 Å². The quantitative estimate of drug-likeness (QED) is 0.297. The number of carbonyl (C=O) groups excluding carboxylic acids is 2. The summed E-state index contributed by atoms with van der Waals surface area (Å²) >= 11 is 0. The van der Waals surface area contributed by atoms with Gasteiger partial charge < -0.3 is 30.2 Å². The summed E-state index contributed by atoms with van der Waals surface area (Å²) in [4.78, 5) is 47.6. The molecule has 3 heterocycles. The van der Waals surface area contributed by atoms with Crippen molar-refractivity contribution in [3.63, 3.8) is 0 Å². The maximum absolute atomic E-state index is 14.0. The molecule has 1 spiro atoms. The van der Waals surface area contributed by atoms with Crippen LogP contribution >= 0.6 is 0 Å². The second kappa shape index (κ2) is 13.3. The summed E-state index contributed by atoms with van der Waals surface area (Å²) in [6.45, 7) is 10.1. The van der Waals surface area contributed by atoms with Gasteiger partial charge in [0.05, 0.1) is 5.41 Å². The van der Waals surface area contributed by atoms with Crippen molar-refractivity contribution in [2.45, 2.75) is 90.3 Å². The van der Waals surface area contributed by atoms with E-state index in [1.165, 1.54) is 0 Å². The molecule has 1 saturated heterocycles. The van der Waals surface area contributed by atoms with Gasteiger partial charge in [-0.05, 0) is 132 Å². The number of fused-ring (bicyclic) bond motifs is 2. The second-order valence-corrected chi connectivity index (χ2v) is 13.9. The van der Waals surface area contributed by atoms with Gasteiger partial charge in [0.2, 0.25) is 5.91 Å². The summed E-state index contributed by atoms with van der Waals surface area (Å²) in [5, 5.41) is 6.21. The maximum Gasteiger partial charge on any atom is 0.253 e. The molecular weight excluding hydrogens is 590 g/mol. The van der Waals surface area contributed by atoms with Crippen LogP contribution in [-0.2, 0) is 21.5 Å². The summed E-state index contributed by atoms with van der Waals surface area (Å²) in [7, 11) is 4.33. The van der Waals surface area contributed by atoms with Crippen molar-refractivity contribution in [3.8, 4) is 11.1 Å². The molecule has 0 radical (unpaired) electrons. The lowest BCUT2D eigenvalue weighted by atomic mass is 9.75. The van der Waals surface area contributed by atoms with Crippen molar-refractivity contribution in [2.24, 2.45) is 0 Å². The second-order valence-electron chi connectivity index (χ2n) is 13.9. The third kappa shape index (κ3) is 6.23. The predicted molar refractivity (Wildman–Crippen MR) is 187 cm³/mol. The largest absolute Gasteiger partial charge is 0.381 e. The zero-order chi connectivity index (χ0) is 33.5. The van der Waals surface area contributed by atoms with E-state index >= 15 is 0 Å². The number of aromatic amines is 1. The summed E-state index contributed by atoms with van der Waals surface area (Å²) in [6.07, 6.45) is 5.82. The number of nitrogens with zero attached hydrogens (tertiary/aromatic N) is 2. The highest BCUT2D eigenvalue weighted by atomic mass is 16.5. The number of ether oxygens (including phenoxy) is 1. The van der Waals surface area contributed by atoms with Crippen LogP contribution in [0.5, 0.6) is 0 Å². The Balaban J connectivity index is 1.38. The third-order valence-electron chi connectivity index (χ3n) is 10.9. The van der Waals surface area contributed by atoms with E-state index in [1.807, 2.05) is 32.9 Å². The molecule has 1 saturated carbocycles. The average molecular weight is 640 g/mol. The SMILES string of the molecule is CCN(c1cc(-c2ccc3c(c2)NC(=O)C32CCOCC2)cc(C(=O)NCc2c(C)cc(C)[nH]c2=O)c1C)C1CCC(N(C)C)CC1. The van der Waals surface area contributed by atoms with Crippen LogP contribution in [0, 0.1) is 20.8 Å². The van der Waals surface area contributed by atoms with Crippen molar-refractivity contribution < 1.29 is 14.3 Å². The van der Waals surface area contributed by atoms with E-state index in [-0.39, 0.29) is 23.9 Å². The van der Waals surface area contributed by atoms with E-state index in [4.69, 9.17) is 4.74 Å². The molecule has 0 atom stereocenters. The number of hydrogen-bond donors (Lipinski definition) is 3. The molecule has 9 heteroatoms. The van der Waals surface area contributed by atoms with E-state index in [0.29, 0.717) is 49.3 Å². The Labute approximate surface area is 278 Å². The van der Waals surface area contributed by atoms with E-state index in [9.17, 15) is 14.4 Å². The first kappa shape index (κ1) is 33.0. The van der Waals surface area contributed by atoms with E-state index in [0.717, 1.165) is 77.1 Å². The van der Waals surface area contributed by atoms with Crippen molar-refractivity contribution in [2.75, 3.05) is 44.1 Å². The first-order valence-electron chi connectivity index (χ1n) is 17.1. The molecule has 9 nitrogen and oxygen atoms in total. The summed E-state index contributed by atoms with van der Waals surface area (Å²) in [6, 6.07) is 13.3. The Morgan fingerprint density at radius 2 is 1.66 bits per heavy atom. The molecule has 47 heavy (non-hydrogen) atoms. The minimum absolute atomic E-state index is 0.0458. The fraction of sp³-hybridized carbons (Fsp3) is 0.500. The van der Waals surface area contributed by atoms with Crippen molar-refractivity contribution in [1.82, 2.24) is 15.2 Å². The highest BCUT2D eigenvalue weighted by Gasteiger charge is 2.47. The number of aromatic nitrogens is 1. The molecule has 0 unspecified atom stereocenters. The van der Waals surface area contributed by atoms with Crippen LogP contribution in [0.3, 0.4) is 0 Å². The van der Waals surface area contributed by atoms with Gasteiger partial charge in [-0.25, -0.2) is 0 Å². The van der Waals surface area contributed by atoms with Gasteiger partial charge in [-0.3, -0.25) is 14.4 Å². The van der Waals surface area contributed by atoms with E-state index < -0.39 is 5.41 Å². The Kier molecular flexibility index (Phi) is 9.31. The number of rotatable bonds is 8. The number of nitrogens with one attached hydrogen (secondary N) is 3. The molecule has 3 aliphatic rings. The number of carbonyl (C=O) groups is 2. The zero-order valence-electron chi connectivity index (χ0n) is 28.7. The standard InChI is InChI=1S/C38H49N5O4/c1-7-43(29-11-9-28(10-12-29)42(5)6)34-21-27(26-8-13-32-33(20-26)41-37(46)38(32)14-16-47-17-15-38)19-30(25(34)4)35(44)39-22-31-23(2)18-24(3)40-36(31)45/h8,13,18-21,28-29H,7,9-12,14-17,22H2,1-6H3,(H,39,44)(H,40,45)(H,41,46). The minimum atomic E-state index is -0.536. The van der Waals surface area contributed by atoms with Gasteiger partial charge >= 0.3 is 0 Å². The van der Waals surface area contributed by atoms with Crippen LogP contribution < -0.4 is 21.1 Å². The topological polar surface area (TPSA) is 107 Å². The maximum atomic E-state index is 14.0. The highest BCUT2D eigenvalue weighted by molar-refractivity contribution is 6.07. The average Bonchev–Trinajstić information content (AvgIpc) is 3.31. The molecule has 2 fully saturated rings. The lowest BCUT2D eigenvalue weighted by Crippen LogP contribution is -2.42. The molecule has 6 rings (SSSR count). The number of anilines is 2. The van der Waals surface area contributed by atoms with Gasteiger partial charge in [0.15, 0.2) is 0 Å². The van der Waals surface area contributed by atoms with Crippen LogP contribution in [0.1, 0.15) is 83.8 Å². The smallest absolute Gasteiger partial charge is 0.253 e. The number of aryl methyl sites for hydroxylation is 2. The molecule has 2 aromatic carbocycles. The fourth-order valence-electron chi connectivity index (χ4n) is 8.10. The van der Waals surface area contributed by atoms with Crippen molar-refractivity contribution in [3.05, 3.63) is 80.3 Å². The minimum Gasteiger partial charge on any atom is -0.381 e. The van der Waals surface area contributed by atoms with Gasteiger partial charge in [0.25, 0.3) is 11.5 Å². The third-order valence-corrected chi connectivity index (χ3v) is 10.9. The Bertz CT molecular complexity index is 1730. The summed E-state index contributed by atoms with van der Waals surface area (Å²) in [5.74, 6) is -0.169. The van der Waals surface area contributed by atoms with Crippen molar-refractivity contribution in [1.29, 1.82) is 0 Å². The van der Waals surface area contributed by atoms with Gasteiger partial charge in [-0.2, -0.15) is 0 Å². The highest BCUT2D eigenvalue weighted by Crippen LogP contribution is 2.46. The van der Waals surface area contributed by atoms with Crippen LogP contribution in [0.2, 0.25) is 0 Å². The zero-order valence-corrected chi connectivity index (χ0v) is 28.7. The van der Waals surface area contributed by atoms with Crippen LogP contribution in [0.25, 0.3) is 11.1 Å². The van der Waals surface area contributed by atoms with E-state index in [1.54, 1.807) is 0 Å². The molecule has 2 amide bonds. The van der Waals surface area contributed by atoms with Gasteiger partial charge in [0, 0.05) is 66.6 Å². The van der Waals surface area contributed by atoms with E-state index in [2.05, 4.69) is 70.7 Å². The lowest BCUT2D eigenvalue weighted by Gasteiger charge is -2.40. The Hall–Kier alpha value is -3.95. The molecule has 3 aromatic rings. The molecular formula is C38H49N5O4. The number of H-pyrrole nitrogens is 1. The summed E-state index contributed by atoms with van der Waals surface area (Å²) in [5.41, 5.74) is 7.80. The lowest BCUT2D eigenvalue weighted by molar-refractivity contribution is -0.124. The molecule has 0 bridgehead atoms. The molecule has 1 aromatic heterocycles. The number of hydrogen-bond acceptors (Lipinski definition) is 6. The fourth-order valence-corrected chi connectivity index (χ4v) is 8.10. The van der Waals surface area contributed by atoms with Crippen LogP contribution in [0.4, 0.5) is 11.4 Å². The molecule has 1 aliphatic carbocycles. The first-order chi connectivity index (χ1) is 22.5. The summed E-state index contributed by atoms with van der Waals surface area (Å²) < 4.78 is 5.60. The normalized spacial score (nSPS) is 20.3. The predicted octanol–water partition coefficient (Wildman–Crippen LogP) is 5.60. The van der Waals surface area contributed by atoms with Gasteiger partial charge in [-0.1, -0.05) is 12.1 Å². The Morgan fingerprint density at radius 1 is 0.957 bits per heavy atom. The molecule has 2 aliphatic heterocycles. The first-order valence-corrected chi connectivity index (χ1v) is 17.1. The van der Waals surface area contributed by atoms with Gasteiger partial charge in [-0.15, -0.1) is 0 Å². The monoisotopic (exact) mass is 639 g/mol. The molecule has 3 N–H and O–H groups in total. The number of amides is 2. The van der Waals surface area contributed by atoms with Gasteiger partial charge in [0.1, 0.15) is 0 Å². The Morgan fingerprint density at radius 3 is 2.32 bits per heavy atom.